The summed E-state index contributed by atoms with van der Waals surface area (Å²) in [6, 6.07) is 15.5. The van der Waals surface area contributed by atoms with Gasteiger partial charge in [-0.15, -0.1) is 0 Å². The van der Waals surface area contributed by atoms with E-state index in [-0.39, 0.29) is 5.78 Å². The molecule has 0 bridgehead atoms. The number of aryl methyl sites for hydroxylation is 1. The number of nitrogens with one attached hydrogen (secondary N) is 1. The number of hydrogen-bond acceptors (Lipinski definition) is 2. The number of aromatic nitrogens is 1. The van der Waals surface area contributed by atoms with Crippen molar-refractivity contribution < 1.29 is 9.53 Å². The Balaban J connectivity index is 1.90. The van der Waals surface area contributed by atoms with Crippen LogP contribution < -0.4 is 4.74 Å². The number of carbonyl (C=O) groups is 1. The highest BCUT2D eigenvalue weighted by molar-refractivity contribution is 6.10. The van der Waals surface area contributed by atoms with Crippen LogP contribution in [-0.2, 0) is 6.42 Å². The van der Waals surface area contributed by atoms with Gasteiger partial charge in [-0.1, -0.05) is 37.6 Å². The van der Waals surface area contributed by atoms with Gasteiger partial charge >= 0.3 is 0 Å². The molecule has 0 radical (unpaired) electrons. The van der Waals surface area contributed by atoms with Crippen LogP contribution in [0, 0.1) is 0 Å². The molecule has 1 heterocycles. The van der Waals surface area contributed by atoms with Crippen molar-refractivity contribution in [3.05, 3.63) is 65.4 Å². The Bertz CT molecular complexity index is 800. The second kappa shape index (κ2) is 6.06. The van der Waals surface area contributed by atoms with Crippen LogP contribution in [0.5, 0.6) is 5.75 Å². The highest BCUT2D eigenvalue weighted by Gasteiger charge is 2.12. The third kappa shape index (κ3) is 2.75. The van der Waals surface area contributed by atoms with Gasteiger partial charge in [-0.2, -0.15) is 0 Å². The van der Waals surface area contributed by atoms with E-state index in [0.717, 1.165) is 29.5 Å². The largest absolute Gasteiger partial charge is 0.497 e. The lowest BCUT2D eigenvalue weighted by Gasteiger charge is -2.01. The van der Waals surface area contributed by atoms with Crippen molar-refractivity contribution >= 4 is 16.7 Å². The molecule has 0 unspecified atom stereocenters. The van der Waals surface area contributed by atoms with Crippen LogP contribution in [-0.4, -0.2) is 17.9 Å². The summed E-state index contributed by atoms with van der Waals surface area (Å²) in [5.74, 6) is 0.799. The Morgan fingerprint density at radius 3 is 2.55 bits per heavy atom. The third-order valence-corrected chi connectivity index (χ3v) is 3.83. The quantitative estimate of drug-likeness (QED) is 0.710. The maximum absolute atomic E-state index is 12.6. The summed E-state index contributed by atoms with van der Waals surface area (Å²) in [6.45, 7) is 2.15. The lowest BCUT2D eigenvalue weighted by Crippen LogP contribution is -2.01. The van der Waals surface area contributed by atoms with Crippen molar-refractivity contribution in [2.24, 2.45) is 0 Å². The minimum Gasteiger partial charge on any atom is -0.497 e. The van der Waals surface area contributed by atoms with Crippen LogP contribution in [0.1, 0.15) is 35.0 Å². The van der Waals surface area contributed by atoms with Crippen molar-refractivity contribution in [3.63, 3.8) is 0 Å². The molecule has 2 aromatic carbocycles. The summed E-state index contributed by atoms with van der Waals surface area (Å²) in [6.07, 6.45) is 2.15. The lowest BCUT2D eigenvalue weighted by atomic mass is 10.0. The fraction of sp³-hybridized carbons (Fsp3) is 0.211. The SMILES string of the molecule is CCCc1ccc(C(=O)c2cc3cc(OC)ccc3[nH]2)cc1. The van der Waals surface area contributed by atoms with Crippen LogP contribution in [0.2, 0.25) is 0 Å². The zero-order valence-electron chi connectivity index (χ0n) is 12.8. The first-order valence-electron chi connectivity index (χ1n) is 7.51. The molecule has 0 aliphatic heterocycles. The maximum atomic E-state index is 12.6. The molecule has 0 saturated carbocycles. The fourth-order valence-electron chi connectivity index (χ4n) is 2.63. The first kappa shape index (κ1) is 14.4. The Labute approximate surface area is 129 Å². The van der Waals surface area contributed by atoms with Gasteiger partial charge in [-0.3, -0.25) is 4.79 Å². The Kier molecular flexibility index (Phi) is 3.96. The number of carbonyl (C=O) groups excluding carboxylic acids is 1. The van der Waals surface area contributed by atoms with Crippen LogP contribution >= 0.6 is 0 Å². The first-order chi connectivity index (χ1) is 10.7. The number of aromatic amines is 1. The van der Waals surface area contributed by atoms with Gasteiger partial charge in [0.05, 0.1) is 12.8 Å². The topological polar surface area (TPSA) is 42.1 Å². The molecule has 0 spiro atoms. The van der Waals surface area contributed by atoms with E-state index in [9.17, 15) is 4.79 Å². The fourth-order valence-corrected chi connectivity index (χ4v) is 2.63. The van der Waals surface area contributed by atoms with Crippen LogP contribution in [0.3, 0.4) is 0 Å². The minimum atomic E-state index is 0.0122. The van der Waals surface area contributed by atoms with E-state index in [1.807, 2.05) is 48.5 Å². The highest BCUT2D eigenvalue weighted by Crippen LogP contribution is 2.23. The summed E-state index contributed by atoms with van der Waals surface area (Å²) < 4.78 is 5.21. The van der Waals surface area contributed by atoms with E-state index in [1.54, 1.807) is 7.11 Å². The number of ketones is 1. The minimum absolute atomic E-state index is 0.0122. The molecule has 0 amide bonds. The number of methoxy groups -OCH3 is 1. The molecule has 1 aromatic heterocycles. The normalized spacial score (nSPS) is 10.8. The lowest BCUT2D eigenvalue weighted by molar-refractivity contribution is 0.103. The number of ether oxygens (including phenoxy) is 1. The van der Waals surface area contributed by atoms with Crippen LogP contribution in [0.25, 0.3) is 10.9 Å². The molecule has 0 aliphatic carbocycles. The predicted molar refractivity (Wildman–Crippen MR) is 88.7 cm³/mol. The second-order valence-corrected chi connectivity index (χ2v) is 5.41. The molecule has 1 N–H and O–H groups in total. The molecule has 3 nitrogen and oxygen atoms in total. The standard InChI is InChI=1S/C19H19NO2/c1-3-4-13-5-7-14(8-6-13)19(21)18-12-15-11-16(22-2)9-10-17(15)20-18/h5-12,20H,3-4H2,1-2H3. The van der Waals surface area contributed by atoms with E-state index in [1.165, 1.54) is 5.56 Å². The molecule has 0 aliphatic rings. The summed E-state index contributed by atoms with van der Waals surface area (Å²) in [5.41, 5.74) is 3.51. The van der Waals surface area contributed by atoms with Crippen molar-refractivity contribution in [2.75, 3.05) is 7.11 Å². The molecule has 3 heteroatoms. The molecular weight excluding hydrogens is 274 g/mol. The van der Waals surface area contributed by atoms with E-state index in [4.69, 9.17) is 4.74 Å². The van der Waals surface area contributed by atoms with Crippen LogP contribution in [0.15, 0.2) is 48.5 Å². The Morgan fingerprint density at radius 1 is 1.09 bits per heavy atom. The van der Waals surface area contributed by atoms with Crippen molar-refractivity contribution in [3.8, 4) is 5.75 Å². The predicted octanol–water partition coefficient (Wildman–Crippen LogP) is 4.36. The number of hydrogen-bond donors (Lipinski definition) is 1. The summed E-state index contributed by atoms with van der Waals surface area (Å²) in [5, 5.41) is 0.977. The first-order valence-corrected chi connectivity index (χ1v) is 7.51. The zero-order chi connectivity index (χ0) is 15.5. The summed E-state index contributed by atoms with van der Waals surface area (Å²) in [4.78, 5) is 15.8. The van der Waals surface area contributed by atoms with Gasteiger partial charge in [0.25, 0.3) is 0 Å². The Morgan fingerprint density at radius 2 is 1.86 bits per heavy atom. The molecule has 0 atom stereocenters. The Hall–Kier alpha value is -2.55. The van der Waals surface area contributed by atoms with E-state index < -0.39 is 0 Å². The third-order valence-electron chi connectivity index (χ3n) is 3.83. The molecule has 0 saturated heterocycles. The van der Waals surface area contributed by atoms with E-state index in [0.29, 0.717) is 11.3 Å². The number of benzene rings is 2. The van der Waals surface area contributed by atoms with Gasteiger partial charge in [0.15, 0.2) is 0 Å². The monoisotopic (exact) mass is 293 g/mol. The van der Waals surface area contributed by atoms with Gasteiger partial charge < -0.3 is 9.72 Å². The van der Waals surface area contributed by atoms with E-state index in [2.05, 4.69) is 11.9 Å². The number of fused-ring (bicyclic) bond motifs is 1. The molecule has 22 heavy (non-hydrogen) atoms. The highest BCUT2D eigenvalue weighted by atomic mass is 16.5. The van der Waals surface area contributed by atoms with E-state index >= 15 is 0 Å². The second-order valence-electron chi connectivity index (χ2n) is 5.41. The average Bonchev–Trinajstić information content (AvgIpc) is 2.98. The molecule has 112 valence electrons. The molecule has 3 rings (SSSR count). The smallest absolute Gasteiger partial charge is 0.209 e. The van der Waals surface area contributed by atoms with Gasteiger partial charge in [0, 0.05) is 16.5 Å². The number of H-pyrrole nitrogens is 1. The van der Waals surface area contributed by atoms with Crippen molar-refractivity contribution in [1.82, 2.24) is 4.98 Å². The molecular formula is C19H19NO2. The summed E-state index contributed by atoms with van der Waals surface area (Å²) >= 11 is 0. The molecule has 0 fully saturated rings. The van der Waals surface area contributed by atoms with Crippen molar-refractivity contribution in [2.45, 2.75) is 19.8 Å². The average molecular weight is 293 g/mol. The molecule has 3 aromatic rings. The maximum Gasteiger partial charge on any atom is 0.209 e. The van der Waals surface area contributed by atoms with Crippen molar-refractivity contribution in [1.29, 1.82) is 0 Å². The number of rotatable bonds is 5. The van der Waals surface area contributed by atoms with Gasteiger partial charge in [0.1, 0.15) is 5.75 Å². The van der Waals surface area contributed by atoms with Crippen LogP contribution in [0.4, 0.5) is 0 Å². The van der Waals surface area contributed by atoms with Gasteiger partial charge in [-0.25, -0.2) is 0 Å². The van der Waals surface area contributed by atoms with Gasteiger partial charge in [-0.05, 0) is 36.2 Å². The zero-order valence-corrected chi connectivity index (χ0v) is 12.8. The van der Waals surface area contributed by atoms with Gasteiger partial charge in [0.2, 0.25) is 5.78 Å². The summed E-state index contributed by atoms with van der Waals surface area (Å²) in [7, 11) is 1.64.